The number of carbonyl (C=O) groups is 2. The van der Waals surface area contributed by atoms with Gasteiger partial charge in [0.05, 0.1) is 27.7 Å². The predicted octanol–water partition coefficient (Wildman–Crippen LogP) is 27.6. The van der Waals surface area contributed by atoms with Gasteiger partial charge < -0.3 is 18.9 Å². The van der Waals surface area contributed by atoms with Crippen molar-refractivity contribution in [3.05, 3.63) is 170 Å². The van der Waals surface area contributed by atoms with Crippen molar-refractivity contribution in [3.8, 4) is 0 Å². The highest BCUT2D eigenvalue weighted by molar-refractivity contribution is 7.47. The lowest BCUT2D eigenvalue weighted by atomic mass is 10.0. The first-order valence-corrected chi connectivity index (χ1v) is 42.4. The second-order valence-electron chi connectivity index (χ2n) is 28.0. The molecule has 0 aromatic carbocycles. The van der Waals surface area contributed by atoms with Gasteiger partial charge in [-0.2, -0.15) is 0 Å². The van der Waals surface area contributed by atoms with E-state index in [0.717, 1.165) is 128 Å². The first kappa shape index (κ1) is 95.4. The number of ether oxygens (including phenoxy) is 2. The third-order valence-corrected chi connectivity index (χ3v) is 18.2. The lowest BCUT2D eigenvalue weighted by Crippen LogP contribution is -2.37. The van der Waals surface area contributed by atoms with Crippen LogP contribution in [-0.4, -0.2) is 74.9 Å². The van der Waals surface area contributed by atoms with E-state index in [1.807, 2.05) is 21.1 Å². The van der Waals surface area contributed by atoms with Crippen LogP contribution in [0.3, 0.4) is 0 Å². The van der Waals surface area contributed by atoms with Crippen molar-refractivity contribution in [2.24, 2.45) is 0 Å². The number of rotatable bonds is 74. The summed E-state index contributed by atoms with van der Waals surface area (Å²) in [6, 6.07) is 0. The standard InChI is InChI=1S/C90H152NO8P/c1-6-8-10-12-14-16-18-20-22-24-26-28-30-32-34-36-38-40-42-44-45-47-48-50-52-54-56-58-60-62-64-66-68-70-72-74-76-78-80-82-89(92)96-86-88(87-98-100(94,95)97-85-84-91(3,4)5)99-90(93)83-81-79-77-75-73-71-69-67-65-63-61-59-57-55-53-51-49-46-43-41-39-37-35-33-31-29-27-25-23-21-19-17-15-13-11-9-7-2/h8-11,14-17,20-23,26-29,32-35,38-41,46,49,53,55,88H,6-7,12-13,18-19,24-25,30-31,36-37,42-45,47-48,50-52,54,56-87H2,1-5H3/p+1/b10-8-,11-9-,16-14-,17-15-,22-20-,23-21-,28-26-,29-27-,34-32-,35-33-,40-38-,41-39-,49-46-,55-53-. The minimum Gasteiger partial charge on any atom is -0.462 e. The van der Waals surface area contributed by atoms with Gasteiger partial charge in [-0.3, -0.25) is 18.6 Å². The lowest BCUT2D eigenvalue weighted by Gasteiger charge is -2.24. The number of hydrogen-bond donors (Lipinski definition) is 1. The minimum absolute atomic E-state index is 0.0261. The van der Waals surface area contributed by atoms with Crippen LogP contribution in [0, 0.1) is 0 Å². The number of likely N-dealkylation sites (N-methyl/N-ethyl adjacent to an activating group) is 1. The van der Waals surface area contributed by atoms with E-state index in [1.54, 1.807) is 0 Å². The number of allylic oxidation sites excluding steroid dienone is 28. The van der Waals surface area contributed by atoms with Crippen LogP contribution in [0.25, 0.3) is 0 Å². The highest BCUT2D eigenvalue weighted by atomic mass is 31.2. The van der Waals surface area contributed by atoms with E-state index in [9.17, 15) is 19.0 Å². The van der Waals surface area contributed by atoms with E-state index in [4.69, 9.17) is 18.5 Å². The summed E-state index contributed by atoms with van der Waals surface area (Å²) in [6.45, 7) is 4.22. The summed E-state index contributed by atoms with van der Waals surface area (Å²) in [5.74, 6) is -0.795. The molecular formula is C90H153NO8P+. The monoisotopic (exact) mass is 1410 g/mol. The van der Waals surface area contributed by atoms with Crippen molar-refractivity contribution >= 4 is 19.8 Å². The molecule has 2 unspecified atom stereocenters. The topological polar surface area (TPSA) is 108 Å². The average molecular weight is 1410 g/mol. The van der Waals surface area contributed by atoms with Gasteiger partial charge in [-0.05, 0) is 128 Å². The van der Waals surface area contributed by atoms with Crippen LogP contribution in [0.2, 0.25) is 0 Å². The van der Waals surface area contributed by atoms with Crippen LogP contribution in [0.4, 0.5) is 0 Å². The number of unbranched alkanes of at least 4 members (excludes halogenated alkanes) is 32. The molecule has 9 nitrogen and oxygen atoms in total. The van der Waals surface area contributed by atoms with Crippen LogP contribution < -0.4 is 0 Å². The molecule has 0 bridgehead atoms. The molecule has 0 aliphatic rings. The summed E-state index contributed by atoms with van der Waals surface area (Å²) in [5, 5.41) is 0. The first-order chi connectivity index (χ1) is 49.0. The summed E-state index contributed by atoms with van der Waals surface area (Å²) >= 11 is 0. The Hall–Kier alpha value is -4.63. The van der Waals surface area contributed by atoms with Crippen LogP contribution in [0.15, 0.2) is 170 Å². The minimum atomic E-state index is -4.41. The first-order valence-electron chi connectivity index (χ1n) is 40.9. The molecule has 100 heavy (non-hydrogen) atoms. The van der Waals surface area contributed by atoms with Crippen molar-refractivity contribution in [2.75, 3.05) is 47.5 Å². The summed E-state index contributed by atoms with van der Waals surface area (Å²) in [4.78, 5) is 36.0. The zero-order valence-corrected chi connectivity index (χ0v) is 66.0. The van der Waals surface area contributed by atoms with Crippen molar-refractivity contribution in [1.82, 2.24) is 0 Å². The molecule has 1 N–H and O–H groups in total. The maximum Gasteiger partial charge on any atom is 0.472 e. The summed E-state index contributed by atoms with van der Waals surface area (Å²) in [5.41, 5.74) is 0. The number of phosphoric ester groups is 1. The van der Waals surface area contributed by atoms with E-state index in [1.165, 1.54) is 173 Å². The molecule has 0 saturated carbocycles. The molecule has 0 aromatic rings. The predicted molar refractivity (Wildman–Crippen MR) is 436 cm³/mol. The van der Waals surface area contributed by atoms with Gasteiger partial charge in [-0.15, -0.1) is 0 Å². The van der Waals surface area contributed by atoms with E-state index in [2.05, 4.69) is 184 Å². The van der Waals surface area contributed by atoms with Crippen molar-refractivity contribution in [3.63, 3.8) is 0 Å². The number of quaternary nitrogens is 1. The zero-order valence-electron chi connectivity index (χ0n) is 65.1. The highest BCUT2D eigenvalue weighted by Crippen LogP contribution is 2.43. The number of carbonyl (C=O) groups excluding carboxylic acids is 2. The van der Waals surface area contributed by atoms with Crippen molar-refractivity contribution in [1.29, 1.82) is 0 Å². The molecule has 0 amide bonds. The molecule has 2 atom stereocenters. The van der Waals surface area contributed by atoms with Gasteiger partial charge in [0.25, 0.3) is 0 Å². The molecule has 0 saturated heterocycles. The molecule has 0 spiro atoms. The Bertz CT molecular complexity index is 2300. The molecule has 570 valence electrons. The fraction of sp³-hybridized carbons (Fsp3) is 0.667. The summed E-state index contributed by atoms with van der Waals surface area (Å²) in [7, 11) is 1.47. The molecule has 10 heteroatoms. The Labute approximate surface area is 617 Å². The van der Waals surface area contributed by atoms with Crippen LogP contribution in [-0.2, 0) is 32.7 Å². The normalized spacial score (nSPS) is 13.9. The Morgan fingerprint density at radius 3 is 0.800 bits per heavy atom. The third-order valence-electron chi connectivity index (χ3n) is 17.2. The Kier molecular flexibility index (Phi) is 74.9. The molecular weight excluding hydrogens is 1250 g/mol. The molecule has 0 aliphatic carbocycles. The number of esters is 2. The molecule has 0 fully saturated rings. The number of phosphoric acid groups is 1. The fourth-order valence-corrected chi connectivity index (χ4v) is 11.8. The molecule has 0 aliphatic heterocycles. The third kappa shape index (κ3) is 82.3. The largest absolute Gasteiger partial charge is 0.472 e. The van der Waals surface area contributed by atoms with Crippen LogP contribution in [0.1, 0.15) is 335 Å². The second kappa shape index (κ2) is 78.5. The van der Waals surface area contributed by atoms with Crippen molar-refractivity contribution < 1.29 is 42.1 Å². The molecule has 0 heterocycles. The Morgan fingerprint density at radius 1 is 0.310 bits per heavy atom. The van der Waals surface area contributed by atoms with Gasteiger partial charge in [0.15, 0.2) is 6.10 Å². The van der Waals surface area contributed by atoms with Gasteiger partial charge in [0, 0.05) is 12.8 Å². The smallest absolute Gasteiger partial charge is 0.462 e. The second-order valence-corrected chi connectivity index (χ2v) is 29.5. The van der Waals surface area contributed by atoms with E-state index in [-0.39, 0.29) is 32.0 Å². The van der Waals surface area contributed by atoms with E-state index >= 15 is 0 Å². The van der Waals surface area contributed by atoms with Gasteiger partial charge >= 0.3 is 19.8 Å². The maximum absolute atomic E-state index is 12.9. The van der Waals surface area contributed by atoms with Crippen LogP contribution in [0.5, 0.6) is 0 Å². The van der Waals surface area contributed by atoms with E-state index in [0.29, 0.717) is 17.4 Å². The summed E-state index contributed by atoms with van der Waals surface area (Å²) in [6.07, 6.45) is 119. The van der Waals surface area contributed by atoms with Crippen LogP contribution >= 0.6 is 7.82 Å². The SMILES string of the molecule is CC/C=C\C/C=C\C/C=C\C/C=C\C/C=C\C/C=C\C/C=C\C/C=C\CCCCCCCCCCCCCCC(=O)OC(COC(=O)CCCCCCCCCCCCCCCCCCCCCC/C=C\C/C=C\C/C=C\C/C=C\C/C=C\C/C=C\CC)COP(=O)(O)OCC[N+](C)(C)C. The Morgan fingerprint density at radius 2 is 0.540 bits per heavy atom. The zero-order chi connectivity index (χ0) is 72.5. The van der Waals surface area contributed by atoms with Crippen molar-refractivity contribution in [2.45, 2.75) is 341 Å². The van der Waals surface area contributed by atoms with Gasteiger partial charge in [-0.25, -0.2) is 4.57 Å². The molecule has 0 rings (SSSR count). The number of nitrogens with zero attached hydrogens (tertiary/aromatic N) is 1. The highest BCUT2D eigenvalue weighted by Gasteiger charge is 2.27. The quantitative estimate of drug-likeness (QED) is 0.0211. The number of hydrogen-bond acceptors (Lipinski definition) is 7. The Balaban J connectivity index is 3.99. The maximum atomic E-state index is 12.9. The molecule has 0 radical (unpaired) electrons. The van der Waals surface area contributed by atoms with E-state index < -0.39 is 26.5 Å². The summed E-state index contributed by atoms with van der Waals surface area (Å²) < 4.78 is 34.8. The fourth-order valence-electron chi connectivity index (χ4n) is 11.1. The van der Waals surface area contributed by atoms with Gasteiger partial charge in [-0.1, -0.05) is 364 Å². The molecule has 0 aromatic heterocycles. The van der Waals surface area contributed by atoms with Gasteiger partial charge in [0.1, 0.15) is 19.8 Å². The van der Waals surface area contributed by atoms with Gasteiger partial charge in [0.2, 0.25) is 0 Å². The lowest BCUT2D eigenvalue weighted by molar-refractivity contribution is -0.870. The average Bonchev–Trinajstić information content (AvgIpc) is 1.02.